The zero-order valence-electron chi connectivity index (χ0n) is 19.7. The van der Waals surface area contributed by atoms with E-state index in [1.807, 2.05) is 66.7 Å². The molecule has 0 aliphatic heterocycles. The van der Waals surface area contributed by atoms with Gasteiger partial charge in [-0.15, -0.1) is 0 Å². The van der Waals surface area contributed by atoms with Crippen molar-refractivity contribution in [3.05, 3.63) is 95.6 Å². The maximum Gasteiger partial charge on any atom is 0.407 e. The van der Waals surface area contributed by atoms with Crippen LogP contribution < -0.4 is 5.32 Å². The van der Waals surface area contributed by atoms with Crippen molar-refractivity contribution in [2.45, 2.75) is 31.3 Å². The summed E-state index contributed by atoms with van der Waals surface area (Å²) in [7, 11) is 1.42. The number of likely N-dealkylation sites (N-methyl/N-ethyl adjacent to an activating group) is 1. The van der Waals surface area contributed by atoms with Crippen LogP contribution in [0.5, 0.6) is 0 Å². The summed E-state index contributed by atoms with van der Waals surface area (Å²) >= 11 is 0. The Morgan fingerprint density at radius 3 is 2.03 bits per heavy atom. The van der Waals surface area contributed by atoms with E-state index in [0.717, 1.165) is 32.7 Å². The highest BCUT2D eigenvalue weighted by Gasteiger charge is 2.32. The highest BCUT2D eigenvalue weighted by molar-refractivity contribution is 5.89. The van der Waals surface area contributed by atoms with Crippen molar-refractivity contribution in [1.82, 2.24) is 10.2 Å². The van der Waals surface area contributed by atoms with Gasteiger partial charge in [0, 0.05) is 19.4 Å². The van der Waals surface area contributed by atoms with Crippen molar-refractivity contribution in [2.75, 3.05) is 13.7 Å². The molecule has 2 amide bonds. The fourth-order valence-corrected chi connectivity index (χ4v) is 4.43. The smallest absolute Gasteiger partial charge is 0.407 e. The van der Waals surface area contributed by atoms with Crippen LogP contribution in [0.2, 0.25) is 0 Å². The number of aliphatic carboxylic acids is 1. The third kappa shape index (κ3) is 5.19. The van der Waals surface area contributed by atoms with Crippen LogP contribution in [0.4, 0.5) is 4.79 Å². The number of benzene rings is 3. The van der Waals surface area contributed by atoms with Gasteiger partial charge in [0.2, 0.25) is 5.91 Å². The second-order valence-electron chi connectivity index (χ2n) is 8.68. The zero-order valence-corrected chi connectivity index (χ0v) is 19.7. The first-order valence-electron chi connectivity index (χ1n) is 11.5. The highest BCUT2D eigenvalue weighted by Crippen LogP contribution is 2.44. The molecule has 0 heterocycles. The number of fused-ring (bicyclic) bond motifs is 3. The second kappa shape index (κ2) is 10.4. The largest absolute Gasteiger partial charge is 0.480 e. The lowest BCUT2D eigenvalue weighted by molar-refractivity contribution is -0.148. The van der Waals surface area contributed by atoms with E-state index < -0.39 is 30.1 Å². The molecule has 7 nitrogen and oxygen atoms in total. The maximum atomic E-state index is 13.1. The first-order chi connectivity index (χ1) is 16.9. The number of hydrogen-bond donors (Lipinski definition) is 2. The molecule has 0 fully saturated rings. The number of carbonyl (C=O) groups is 3. The topological polar surface area (TPSA) is 95.9 Å². The average Bonchev–Trinajstić information content (AvgIpc) is 3.20. The molecule has 0 aromatic heterocycles. The third-order valence-electron chi connectivity index (χ3n) is 6.50. The van der Waals surface area contributed by atoms with Crippen molar-refractivity contribution in [3.63, 3.8) is 0 Å². The standard InChI is InChI=1S/C28H28N2O5/c1-18(27(32)33)30(2)26(31)25(16-19-10-4-3-5-11-19)29-28(34)35-17-24-22-14-8-6-12-20(22)21-13-7-9-15-23(21)24/h3-15,18,24-25H,16-17H2,1-2H3,(H,29,34)(H,32,33)/t18-,25-/m0/s1. The van der Waals surface area contributed by atoms with Crippen LogP contribution in [0.15, 0.2) is 78.9 Å². The van der Waals surface area contributed by atoms with Gasteiger partial charge in [-0.05, 0) is 34.7 Å². The minimum Gasteiger partial charge on any atom is -0.480 e. The fourth-order valence-electron chi connectivity index (χ4n) is 4.43. The average molecular weight is 473 g/mol. The Hall–Kier alpha value is -4.13. The van der Waals surface area contributed by atoms with E-state index in [0.29, 0.717) is 0 Å². The Kier molecular flexibility index (Phi) is 7.15. The van der Waals surface area contributed by atoms with Gasteiger partial charge in [0.25, 0.3) is 0 Å². The van der Waals surface area contributed by atoms with E-state index in [2.05, 4.69) is 17.4 Å². The van der Waals surface area contributed by atoms with E-state index >= 15 is 0 Å². The zero-order chi connectivity index (χ0) is 24.9. The maximum absolute atomic E-state index is 13.1. The number of alkyl carbamates (subject to hydrolysis) is 1. The number of ether oxygens (including phenoxy) is 1. The summed E-state index contributed by atoms with van der Waals surface area (Å²) in [6.45, 7) is 1.54. The molecule has 7 heteroatoms. The lowest BCUT2D eigenvalue weighted by atomic mass is 9.98. The number of amides is 2. The minimum atomic E-state index is -1.12. The van der Waals surface area contributed by atoms with Crippen LogP contribution >= 0.6 is 0 Å². The normalized spacial score (nSPS) is 13.8. The number of nitrogens with zero attached hydrogens (tertiary/aromatic N) is 1. The lowest BCUT2D eigenvalue weighted by Crippen LogP contribution is -2.52. The molecule has 35 heavy (non-hydrogen) atoms. The molecule has 0 unspecified atom stereocenters. The van der Waals surface area contributed by atoms with Crippen LogP contribution in [0, 0.1) is 0 Å². The summed E-state index contributed by atoms with van der Waals surface area (Å²) in [5.41, 5.74) is 5.26. The SMILES string of the molecule is C[C@@H](C(=O)O)N(C)C(=O)[C@H](Cc1ccccc1)NC(=O)OCC1c2ccccc2-c2ccccc21. The summed E-state index contributed by atoms with van der Waals surface area (Å²) in [5, 5.41) is 12.0. The van der Waals surface area contributed by atoms with E-state index in [1.165, 1.54) is 14.0 Å². The Morgan fingerprint density at radius 1 is 0.914 bits per heavy atom. The van der Waals surface area contributed by atoms with E-state index in [-0.39, 0.29) is 18.9 Å². The van der Waals surface area contributed by atoms with E-state index in [1.54, 1.807) is 0 Å². The van der Waals surface area contributed by atoms with E-state index in [9.17, 15) is 19.5 Å². The number of rotatable bonds is 8. The third-order valence-corrected chi connectivity index (χ3v) is 6.50. The van der Waals surface area contributed by atoms with Gasteiger partial charge >= 0.3 is 12.1 Å². The molecule has 180 valence electrons. The van der Waals surface area contributed by atoms with Crippen molar-refractivity contribution in [1.29, 1.82) is 0 Å². The van der Waals surface area contributed by atoms with Gasteiger partial charge in [-0.1, -0.05) is 78.9 Å². The number of carbonyl (C=O) groups excluding carboxylic acids is 2. The molecule has 0 saturated heterocycles. The molecule has 0 spiro atoms. The van der Waals surface area contributed by atoms with Crippen LogP contribution in [0.1, 0.15) is 29.5 Å². The molecule has 1 aliphatic carbocycles. The van der Waals surface area contributed by atoms with Gasteiger partial charge in [0.15, 0.2) is 0 Å². The first-order valence-corrected chi connectivity index (χ1v) is 11.5. The molecule has 3 aromatic carbocycles. The molecule has 1 aliphatic rings. The predicted octanol–water partition coefficient (Wildman–Crippen LogP) is 4.07. The second-order valence-corrected chi connectivity index (χ2v) is 8.68. The molecular formula is C28H28N2O5. The van der Waals surface area contributed by atoms with Gasteiger partial charge in [-0.2, -0.15) is 0 Å². The summed E-state index contributed by atoms with van der Waals surface area (Å²) < 4.78 is 5.61. The molecule has 2 N–H and O–H groups in total. The van der Waals surface area contributed by atoms with E-state index in [4.69, 9.17) is 4.74 Å². The van der Waals surface area contributed by atoms with Gasteiger partial charge in [-0.3, -0.25) is 4.79 Å². The first kappa shape index (κ1) is 24.0. The monoisotopic (exact) mass is 472 g/mol. The van der Waals surface area contributed by atoms with Gasteiger partial charge in [0.1, 0.15) is 18.7 Å². The van der Waals surface area contributed by atoms with Crippen molar-refractivity contribution < 1.29 is 24.2 Å². The van der Waals surface area contributed by atoms with Crippen molar-refractivity contribution >= 4 is 18.0 Å². The number of carboxylic acid groups (broad SMARTS) is 1. The molecule has 0 bridgehead atoms. The Bertz CT molecular complexity index is 1180. The minimum absolute atomic E-state index is 0.105. The van der Waals surface area contributed by atoms with Gasteiger partial charge < -0.3 is 20.1 Å². The lowest BCUT2D eigenvalue weighted by Gasteiger charge is -2.27. The summed E-state index contributed by atoms with van der Waals surface area (Å²) in [4.78, 5) is 38.5. The van der Waals surface area contributed by atoms with Crippen molar-refractivity contribution in [3.8, 4) is 11.1 Å². The Labute approximate surface area is 204 Å². The Balaban J connectivity index is 1.48. The molecule has 0 saturated carbocycles. The van der Waals surface area contributed by atoms with Gasteiger partial charge in [-0.25, -0.2) is 9.59 Å². The summed E-state index contributed by atoms with van der Waals surface area (Å²) in [6.07, 6.45) is -0.516. The van der Waals surface area contributed by atoms with Crippen LogP contribution in [0.25, 0.3) is 11.1 Å². The van der Waals surface area contributed by atoms with Crippen molar-refractivity contribution in [2.24, 2.45) is 0 Å². The van der Waals surface area contributed by atoms with Crippen LogP contribution in [-0.2, 0) is 20.7 Å². The molecule has 4 rings (SSSR count). The fraction of sp³-hybridized carbons (Fsp3) is 0.250. The number of hydrogen-bond acceptors (Lipinski definition) is 4. The molecule has 0 radical (unpaired) electrons. The summed E-state index contributed by atoms with van der Waals surface area (Å²) in [5.74, 6) is -1.73. The van der Waals surface area contributed by atoms with Crippen LogP contribution in [0.3, 0.4) is 0 Å². The van der Waals surface area contributed by atoms with Crippen LogP contribution in [-0.4, -0.2) is 53.7 Å². The number of nitrogens with one attached hydrogen (secondary N) is 1. The molecule has 2 atom stereocenters. The summed E-state index contributed by atoms with van der Waals surface area (Å²) in [6, 6.07) is 23.3. The number of carboxylic acids is 1. The molecule has 3 aromatic rings. The molecular weight excluding hydrogens is 444 g/mol. The highest BCUT2D eigenvalue weighted by atomic mass is 16.5. The quantitative estimate of drug-likeness (QED) is 0.515. The Morgan fingerprint density at radius 2 is 1.46 bits per heavy atom. The predicted molar refractivity (Wildman–Crippen MR) is 132 cm³/mol. The van der Waals surface area contributed by atoms with Gasteiger partial charge in [0.05, 0.1) is 0 Å².